The van der Waals surface area contributed by atoms with E-state index in [0.29, 0.717) is 18.2 Å². The van der Waals surface area contributed by atoms with Gasteiger partial charge in [-0.1, -0.05) is 12.1 Å². The Morgan fingerprint density at radius 3 is 2.56 bits per heavy atom. The maximum absolute atomic E-state index is 12.4. The van der Waals surface area contributed by atoms with Crippen molar-refractivity contribution in [2.24, 2.45) is 0 Å². The van der Waals surface area contributed by atoms with Crippen LogP contribution in [0.25, 0.3) is 11.0 Å². The van der Waals surface area contributed by atoms with E-state index in [1.807, 2.05) is 49.4 Å². The highest BCUT2D eigenvalue weighted by atomic mass is 16.5. The van der Waals surface area contributed by atoms with Crippen LogP contribution in [0.5, 0.6) is 5.75 Å². The van der Waals surface area contributed by atoms with Crippen molar-refractivity contribution in [3.05, 3.63) is 59.4 Å². The summed E-state index contributed by atoms with van der Waals surface area (Å²) in [7, 11) is 1.63. The van der Waals surface area contributed by atoms with E-state index in [1.165, 1.54) is 0 Å². The molecule has 5 nitrogen and oxygen atoms in total. The lowest BCUT2D eigenvalue weighted by Crippen LogP contribution is -2.22. The predicted molar refractivity (Wildman–Crippen MR) is 99.0 cm³/mol. The van der Waals surface area contributed by atoms with Crippen LogP contribution in [0.1, 0.15) is 41.6 Å². The number of benzene rings is 2. The van der Waals surface area contributed by atoms with Gasteiger partial charge in [0, 0.05) is 18.2 Å². The van der Waals surface area contributed by atoms with Gasteiger partial charge in [-0.25, -0.2) is 4.98 Å². The van der Waals surface area contributed by atoms with E-state index in [2.05, 4.69) is 28.7 Å². The van der Waals surface area contributed by atoms with Gasteiger partial charge in [0.1, 0.15) is 11.6 Å². The molecule has 3 rings (SSSR count). The van der Waals surface area contributed by atoms with Crippen molar-refractivity contribution in [2.45, 2.75) is 33.4 Å². The third-order valence-electron chi connectivity index (χ3n) is 4.26. The maximum Gasteiger partial charge on any atom is 0.251 e. The number of fused-ring (bicyclic) bond motifs is 1. The predicted octanol–water partition coefficient (Wildman–Crippen LogP) is 3.86. The molecule has 0 spiro atoms. The monoisotopic (exact) mass is 337 g/mol. The molecule has 2 aromatic carbocycles. The molecule has 1 heterocycles. The van der Waals surface area contributed by atoms with Crippen LogP contribution in [0.4, 0.5) is 0 Å². The molecule has 130 valence electrons. The quantitative estimate of drug-likeness (QED) is 0.769. The van der Waals surface area contributed by atoms with Crippen molar-refractivity contribution in [2.75, 3.05) is 7.11 Å². The van der Waals surface area contributed by atoms with E-state index in [1.54, 1.807) is 7.11 Å². The average molecular weight is 337 g/mol. The zero-order chi connectivity index (χ0) is 18.0. The molecule has 25 heavy (non-hydrogen) atoms. The first kappa shape index (κ1) is 17.0. The number of hydrogen-bond donors (Lipinski definition) is 1. The van der Waals surface area contributed by atoms with Gasteiger partial charge in [-0.05, 0) is 56.7 Å². The van der Waals surface area contributed by atoms with Crippen LogP contribution in [0.2, 0.25) is 0 Å². The molecule has 0 saturated heterocycles. The smallest absolute Gasteiger partial charge is 0.251 e. The molecule has 0 aliphatic carbocycles. The van der Waals surface area contributed by atoms with Gasteiger partial charge < -0.3 is 14.6 Å². The first-order valence-electron chi connectivity index (χ1n) is 8.39. The molecule has 0 aliphatic heterocycles. The number of aromatic nitrogens is 2. The van der Waals surface area contributed by atoms with E-state index in [4.69, 9.17) is 4.74 Å². The minimum atomic E-state index is -0.102. The Morgan fingerprint density at radius 2 is 1.92 bits per heavy atom. The van der Waals surface area contributed by atoms with Crippen LogP contribution in [0, 0.1) is 6.92 Å². The molecule has 0 atom stereocenters. The number of aryl methyl sites for hydroxylation is 1. The average Bonchev–Trinajstić information content (AvgIpc) is 2.95. The first-order chi connectivity index (χ1) is 12.0. The number of amides is 1. The molecule has 5 heteroatoms. The summed E-state index contributed by atoms with van der Waals surface area (Å²) in [6.45, 7) is 6.72. The summed E-state index contributed by atoms with van der Waals surface area (Å²) in [5, 5.41) is 2.95. The molecule has 0 unspecified atom stereocenters. The summed E-state index contributed by atoms with van der Waals surface area (Å²) in [6.07, 6.45) is 0. The molecule has 1 aromatic heterocycles. The van der Waals surface area contributed by atoms with E-state index in [9.17, 15) is 4.79 Å². The molecular formula is C20H23N3O2. The molecule has 0 fully saturated rings. The number of rotatable bonds is 5. The third kappa shape index (κ3) is 3.50. The van der Waals surface area contributed by atoms with E-state index < -0.39 is 0 Å². The summed E-state index contributed by atoms with van der Waals surface area (Å²) in [6, 6.07) is 13.7. The lowest BCUT2D eigenvalue weighted by molar-refractivity contribution is 0.0951. The van der Waals surface area contributed by atoms with Gasteiger partial charge in [0.15, 0.2) is 0 Å². The van der Waals surface area contributed by atoms with Crippen LogP contribution in [0.15, 0.2) is 42.5 Å². The van der Waals surface area contributed by atoms with E-state index in [0.717, 1.165) is 28.2 Å². The summed E-state index contributed by atoms with van der Waals surface area (Å²) in [5.41, 5.74) is 3.55. The van der Waals surface area contributed by atoms with Crippen molar-refractivity contribution < 1.29 is 9.53 Å². The molecule has 0 radical (unpaired) electrons. The van der Waals surface area contributed by atoms with Crippen LogP contribution in [-0.4, -0.2) is 22.6 Å². The van der Waals surface area contributed by atoms with E-state index in [-0.39, 0.29) is 5.91 Å². The Labute approximate surface area is 147 Å². The summed E-state index contributed by atoms with van der Waals surface area (Å²) >= 11 is 0. The fourth-order valence-electron chi connectivity index (χ4n) is 3.04. The van der Waals surface area contributed by atoms with Crippen LogP contribution in [-0.2, 0) is 6.54 Å². The lowest BCUT2D eigenvalue weighted by Gasteiger charge is -2.11. The van der Waals surface area contributed by atoms with Crippen molar-refractivity contribution in [1.29, 1.82) is 0 Å². The Bertz CT molecular complexity index is 895. The number of nitrogens with one attached hydrogen (secondary N) is 1. The molecule has 0 aliphatic rings. The number of ether oxygens (including phenoxy) is 1. The second kappa shape index (κ2) is 6.97. The fraction of sp³-hybridized carbons (Fsp3) is 0.300. The maximum atomic E-state index is 12.4. The number of imidazole rings is 1. The standard InChI is InChI=1S/C20H23N3O2/c1-13(2)23-14(3)22-18-11-16(7-10-19(18)23)20(24)21-12-15-5-8-17(25-4)9-6-15/h5-11,13H,12H2,1-4H3,(H,21,24). The number of nitrogens with zero attached hydrogens (tertiary/aromatic N) is 2. The highest BCUT2D eigenvalue weighted by molar-refractivity contribution is 5.97. The molecule has 0 bridgehead atoms. The number of carbonyl (C=O) groups excluding carboxylic acids is 1. The van der Waals surface area contributed by atoms with Crippen molar-refractivity contribution >= 4 is 16.9 Å². The molecule has 1 amide bonds. The summed E-state index contributed by atoms with van der Waals surface area (Å²) < 4.78 is 7.31. The van der Waals surface area contributed by atoms with E-state index >= 15 is 0 Å². The Balaban J connectivity index is 1.75. The second-order valence-electron chi connectivity index (χ2n) is 6.36. The van der Waals surface area contributed by atoms with Gasteiger partial charge in [-0.15, -0.1) is 0 Å². The van der Waals surface area contributed by atoms with Gasteiger partial charge in [0.2, 0.25) is 0 Å². The zero-order valence-electron chi connectivity index (χ0n) is 15.0. The molecule has 3 aromatic rings. The number of methoxy groups -OCH3 is 1. The Morgan fingerprint density at radius 1 is 1.20 bits per heavy atom. The van der Waals surface area contributed by atoms with Crippen LogP contribution >= 0.6 is 0 Å². The minimum absolute atomic E-state index is 0.102. The SMILES string of the molecule is COc1ccc(CNC(=O)c2ccc3c(c2)nc(C)n3C(C)C)cc1. The summed E-state index contributed by atoms with van der Waals surface area (Å²) in [4.78, 5) is 17.0. The highest BCUT2D eigenvalue weighted by Crippen LogP contribution is 2.22. The largest absolute Gasteiger partial charge is 0.497 e. The second-order valence-corrected chi connectivity index (χ2v) is 6.36. The lowest BCUT2D eigenvalue weighted by atomic mass is 10.1. The molecule has 0 saturated carbocycles. The molecular weight excluding hydrogens is 314 g/mol. The third-order valence-corrected chi connectivity index (χ3v) is 4.26. The van der Waals surface area contributed by atoms with Gasteiger partial charge >= 0.3 is 0 Å². The normalized spacial score (nSPS) is 11.1. The number of hydrogen-bond acceptors (Lipinski definition) is 3. The topological polar surface area (TPSA) is 56.1 Å². The Hall–Kier alpha value is -2.82. The molecule has 1 N–H and O–H groups in total. The highest BCUT2D eigenvalue weighted by Gasteiger charge is 2.13. The van der Waals surface area contributed by atoms with Gasteiger partial charge in [-0.2, -0.15) is 0 Å². The fourth-order valence-corrected chi connectivity index (χ4v) is 3.04. The van der Waals surface area contributed by atoms with Crippen LogP contribution in [0.3, 0.4) is 0 Å². The van der Waals surface area contributed by atoms with Crippen LogP contribution < -0.4 is 10.1 Å². The minimum Gasteiger partial charge on any atom is -0.497 e. The Kier molecular flexibility index (Phi) is 4.74. The van der Waals surface area contributed by atoms with Gasteiger partial charge in [0.05, 0.1) is 18.1 Å². The zero-order valence-corrected chi connectivity index (χ0v) is 15.0. The van der Waals surface area contributed by atoms with Crippen molar-refractivity contribution in [1.82, 2.24) is 14.9 Å². The summed E-state index contributed by atoms with van der Waals surface area (Å²) in [5.74, 6) is 1.66. The van der Waals surface area contributed by atoms with Crippen molar-refractivity contribution in [3.63, 3.8) is 0 Å². The van der Waals surface area contributed by atoms with Crippen molar-refractivity contribution in [3.8, 4) is 5.75 Å². The number of carbonyl (C=O) groups is 1. The van der Waals surface area contributed by atoms with Gasteiger partial charge in [-0.3, -0.25) is 4.79 Å². The first-order valence-corrected chi connectivity index (χ1v) is 8.39. The van der Waals surface area contributed by atoms with Gasteiger partial charge in [0.25, 0.3) is 5.91 Å².